The summed E-state index contributed by atoms with van der Waals surface area (Å²) >= 11 is 0. The van der Waals surface area contributed by atoms with E-state index in [0.29, 0.717) is 34.8 Å². The first-order chi connectivity index (χ1) is 15.5. The maximum absolute atomic E-state index is 12.8. The van der Waals surface area contributed by atoms with E-state index in [1.807, 2.05) is 25.1 Å². The smallest absolute Gasteiger partial charge is 0.339 e. The molecule has 0 saturated carbocycles. The highest BCUT2D eigenvalue weighted by molar-refractivity contribution is 6.02. The van der Waals surface area contributed by atoms with Gasteiger partial charge in [-0.15, -0.1) is 12.8 Å². The Kier molecular flexibility index (Phi) is 5.83. The third kappa shape index (κ3) is 3.89. The van der Waals surface area contributed by atoms with Gasteiger partial charge in [-0.25, -0.2) is 4.79 Å². The fraction of sp³-hybridized carbons (Fsp3) is 0.185. The standard InChI is InChI=1S/C27H20O5/c1-4-12-30-19-10-11-22-23(16-19)32-24-15-18(28)14-17(3)25(24)26(22)20-8-6-7-9-21(20)27(29)31-13-5-2/h1-2,6-11,15-17H,12-14H2,3H3. The Morgan fingerprint density at radius 3 is 2.69 bits per heavy atom. The van der Waals surface area contributed by atoms with Crippen molar-refractivity contribution in [1.29, 1.82) is 0 Å². The monoisotopic (exact) mass is 424 g/mol. The normalized spacial score (nSPS) is 16.5. The number of hydrogen-bond acceptors (Lipinski definition) is 5. The molecule has 0 fully saturated rings. The SMILES string of the molecule is C#CCOC(=O)c1ccccc1C1=C2C(=CC(=O)CC2C)Oc2cc(OCC#C)ccc21. The molecule has 0 bridgehead atoms. The lowest BCUT2D eigenvalue weighted by molar-refractivity contribution is -0.115. The number of terminal acetylenes is 2. The number of benzene rings is 2. The van der Waals surface area contributed by atoms with Crippen molar-refractivity contribution in [2.45, 2.75) is 13.3 Å². The highest BCUT2D eigenvalue weighted by atomic mass is 16.5. The zero-order chi connectivity index (χ0) is 22.7. The molecule has 0 spiro atoms. The molecule has 4 rings (SSSR count). The quantitative estimate of drug-likeness (QED) is 0.532. The minimum absolute atomic E-state index is 0.0134. The van der Waals surface area contributed by atoms with Gasteiger partial charge in [0.1, 0.15) is 23.9 Å². The maximum Gasteiger partial charge on any atom is 0.339 e. The number of ether oxygens (including phenoxy) is 3. The lowest BCUT2D eigenvalue weighted by Crippen LogP contribution is -2.23. The number of esters is 1. The number of carbonyl (C=O) groups excluding carboxylic acids is 2. The van der Waals surface area contributed by atoms with E-state index in [1.54, 1.807) is 24.3 Å². The summed E-state index contributed by atoms with van der Waals surface area (Å²) in [4.78, 5) is 25.0. The van der Waals surface area contributed by atoms with Crippen LogP contribution >= 0.6 is 0 Å². The Hall–Kier alpha value is -4.22. The van der Waals surface area contributed by atoms with Crippen LogP contribution in [0.3, 0.4) is 0 Å². The van der Waals surface area contributed by atoms with Gasteiger partial charge in [0.2, 0.25) is 0 Å². The molecule has 1 heterocycles. The van der Waals surface area contributed by atoms with Gasteiger partial charge >= 0.3 is 5.97 Å². The number of carbonyl (C=O) groups is 2. The van der Waals surface area contributed by atoms with Crippen molar-refractivity contribution in [3.63, 3.8) is 0 Å². The van der Waals surface area contributed by atoms with Crippen molar-refractivity contribution in [1.82, 2.24) is 0 Å². The first kappa shape index (κ1) is 21.0. The topological polar surface area (TPSA) is 61.8 Å². The molecular formula is C27H20O5. The van der Waals surface area contributed by atoms with Crippen LogP contribution in [0.2, 0.25) is 0 Å². The van der Waals surface area contributed by atoms with Crippen molar-refractivity contribution >= 4 is 17.3 Å². The van der Waals surface area contributed by atoms with Gasteiger partial charge in [0.25, 0.3) is 0 Å². The number of ketones is 1. The molecule has 0 saturated heterocycles. The van der Waals surface area contributed by atoms with Crippen molar-refractivity contribution in [2.24, 2.45) is 5.92 Å². The predicted octanol–water partition coefficient (Wildman–Crippen LogP) is 4.18. The average molecular weight is 424 g/mol. The summed E-state index contributed by atoms with van der Waals surface area (Å²) in [6, 6.07) is 12.6. The summed E-state index contributed by atoms with van der Waals surface area (Å²) < 4.78 is 16.9. The van der Waals surface area contributed by atoms with Crippen LogP contribution in [0.25, 0.3) is 5.57 Å². The lowest BCUT2D eigenvalue weighted by atomic mass is 9.78. The van der Waals surface area contributed by atoms with Gasteiger partial charge in [0.05, 0.1) is 5.56 Å². The molecule has 0 amide bonds. The van der Waals surface area contributed by atoms with E-state index in [4.69, 9.17) is 27.1 Å². The van der Waals surface area contributed by atoms with Crippen molar-refractivity contribution in [3.8, 4) is 36.2 Å². The number of hydrogen-bond donors (Lipinski definition) is 0. The molecule has 1 aliphatic carbocycles. The van der Waals surface area contributed by atoms with Crippen LogP contribution in [0, 0.1) is 30.6 Å². The first-order valence-electron chi connectivity index (χ1n) is 10.1. The number of rotatable bonds is 5. The van der Waals surface area contributed by atoms with Crippen molar-refractivity contribution in [3.05, 3.63) is 76.6 Å². The molecule has 32 heavy (non-hydrogen) atoms. The molecule has 1 aliphatic heterocycles. The van der Waals surface area contributed by atoms with E-state index in [-0.39, 0.29) is 24.9 Å². The van der Waals surface area contributed by atoms with Gasteiger partial charge in [-0.3, -0.25) is 4.79 Å². The third-order valence-electron chi connectivity index (χ3n) is 5.29. The molecule has 5 nitrogen and oxygen atoms in total. The minimum Gasteiger partial charge on any atom is -0.481 e. The first-order valence-corrected chi connectivity index (χ1v) is 10.1. The van der Waals surface area contributed by atoms with Crippen molar-refractivity contribution in [2.75, 3.05) is 13.2 Å². The van der Waals surface area contributed by atoms with Crippen LogP contribution < -0.4 is 9.47 Å². The van der Waals surface area contributed by atoms with E-state index in [2.05, 4.69) is 11.8 Å². The fourth-order valence-corrected chi connectivity index (χ4v) is 4.01. The van der Waals surface area contributed by atoms with Gasteiger partial charge in [-0.1, -0.05) is 37.0 Å². The molecule has 0 radical (unpaired) electrons. The van der Waals surface area contributed by atoms with Crippen LogP contribution in [0.1, 0.15) is 34.8 Å². The Morgan fingerprint density at radius 2 is 1.91 bits per heavy atom. The largest absolute Gasteiger partial charge is 0.481 e. The lowest BCUT2D eigenvalue weighted by Gasteiger charge is -2.32. The molecular weight excluding hydrogens is 404 g/mol. The van der Waals surface area contributed by atoms with Gasteiger partial charge in [0.15, 0.2) is 12.4 Å². The van der Waals surface area contributed by atoms with Gasteiger partial charge in [-0.2, -0.15) is 0 Å². The Labute approximate surface area is 186 Å². The summed E-state index contributed by atoms with van der Waals surface area (Å²) in [5, 5.41) is 0. The Bertz CT molecular complexity index is 1250. The highest BCUT2D eigenvalue weighted by Crippen LogP contribution is 2.47. The van der Waals surface area contributed by atoms with E-state index in [1.165, 1.54) is 6.08 Å². The van der Waals surface area contributed by atoms with E-state index >= 15 is 0 Å². The van der Waals surface area contributed by atoms with Gasteiger partial charge in [0, 0.05) is 35.3 Å². The third-order valence-corrected chi connectivity index (χ3v) is 5.29. The molecule has 1 unspecified atom stereocenters. The molecule has 2 aromatic rings. The Balaban J connectivity index is 1.94. The number of allylic oxidation sites excluding steroid dienone is 2. The van der Waals surface area contributed by atoms with Crippen LogP contribution in [0.15, 0.2) is 59.9 Å². The molecule has 5 heteroatoms. The predicted molar refractivity (Wildman–Crippen MR) is 120 cm³/mol. The second-order valence-corrected chi connectivity index (χ2v) is 7.45. The van der Waals surface area contributed by atoms with Crippen molar-refractivity contribution < 1.29 is 23.8 Å². The molecule has 0 aromatic heterocycles. The summed E-state index contributed by atoms with van der Waals surface area (Å²) in [5.41, 5.74) is 3.53. The zero-order valence-electron chi connectivity index (χ0n) is 17.5. The van der Waals surface area contributed by atoms with E-state index in [9.17, 15) is 9.59 Å². The minimum atomic E-state index is -0.515. The molecule has 158 valence electrons. The Morgan fingerprint density at radius 1 is 1.12 bits per heavy atom. The van der Waals surface area contributed by atoms with Gasteiger partial charge in [-0.05, 0) is 29.7 Å². The fourth-order valence-electron chi connectivity index (χ4n) is 4.01. The van der Waals surface area contributed by atoms with E-state index < -0.39 is 5.97 Å². The second kappa shape index (κ2) is 8.88. The summed E-state index contributed by atoms with van der Waals surface area (Å²) in [5.74, 6) is 5.64. The van der Waals surface area contributed by atoms with Crippen LogP contribution in [0.5, 0.6) is 11.5 Å². The van der Waals surface area contributed by atoms with Crippen LogP contribution in [-0.2, 0) is 9.53 Å². The number of fused-ring (bicyclic) bond motifs is 2. The average Bonchev–Trinajstić information content (AvgIpc) is 2.79. The second-order valence-electron chi connectivity index (χ2n) is 7.45. The summed E-state index contributed by atoms with van der Waals surface area (Å²) in [6.07, 6.45) is 12.4. The molecule has 1 atom stereocenters. The van der Waals surface area contributed by atoms with Crippen LogP contribution in [0.4, 0.5) is 0 Å². The van der Waals surface area contributed by atoms with Gasteiger partial charge < -0.3 is 14.2 Å². The maximum atomic E-state index is 12.8. The summed E-state index contributed by atoms with van der Waals surface area (Å²) in [7, 11) is 0. The molecule has 2 aromatic carbocycles. The molecule has 0 N–H and O–H groups in total. The van der Waals surface area contributed by atoms with E-state index in [0.717, 1.165) is 16.7 Å². The highest BCUT2D eigenvalue weighted by Gasteiger charge is 2.34. The zero-order valence-corrected chi connectivity index (χ0v) is 17.5. The summed E-state index contributed by atoms with van der Waals surface area (Å²) in [6.45, 7) is 1.97. The van der Waals surface area contributed by atoms with Crippen LogP contribution in [-0.4, -0.2) is 25.0 Å². The molecule has 2 aliphatic rings.